The van der Waals surface area contributed by atoms with Gasteiger partial charge in [-0.1, -0.05) is 12.1 Å². The first-order valence-corrected chi connectivity index (χ1v) is 9.47. The minimum Gasteiger partial charge on any atom is -0.508 e. The van der Waals surface area contributed by atoms with Gasteiger partial charge in [-0.25, -0.2) is 4.79 Å². The van der Waals surface area contributed by atoms with Crippen LogP contribution in [0.3, 0.4) is 0 Å². The van der Waals surface area contributed by atoms with E-state index in [4.69, 9.17) is 9.47 Å². The molecule has 0 aliphatic carbocycles. The molecule has 7 nitrogen and oxygen atoms in total. The number of ether oxygens (including phenoxy) is 2. The van der Waals surface area contributed by atoms with Crippen molar-refractivity contribution in [3.8, 4) is 5.75 Å². The topological polar surface area (TPSA) is 65.5 Å². The lowest BCUT2D eigenvalue weighted by atomic mass is 10.2. The predicted molar refractivity (Wildman–Crippen MR) is 96.0 cm³/mol. The summed E-state index contributed by atoms with van der Waals surface area (Å²) >= 11 is 0. The van der Waals surface area contributed by atoms with Crippen LogP contribution in [0.2, 0.25) is 0 Å². The molecule has 0 spiro atoms. The SMILES string of the molecule is O=C1O[C@H]2CN(Cc3ccc(O)cc3)C[C@H]2N1CCCN1CCOCC1. The van der Waals surface area contributed by atoms with Crippen LogP contribution in [-0.4, -0.2) is 90.5 Å². The van der Waals surface area contributed by atoms with Gasteiger partial charge in [-0.15, -0.1) is 0 Å². The maximum Gasteiger partial charge on any atom is 0.410 e. The Bertz CT molecular complexity index is 618. The highest BCUT2D eigenvalue weighted by Crippen LogP contribution is 2.28. The summed E-state index contributed by atoms with van der Waals surface area (Å²) in [7, 11) is 0. The average Bonchev–Trinajstić information content (AvgIpc) is 3.15. The lowest BCUT2D eigenvalue weighted by molar-refractivity contribution is 0.0362. The number of aromatic hydroxyl groups is 1. The van der Waals surface area contributed by atoms with Gasteiger partial charge in [-0.2, -0.15) is 0 Å². The first-order valence-electron chi connectivity index (χ1n) is 9.47. The molecule has 0 bridgehead atoms. The molecule has 26 heavy (non-hydrogen) atoms. The fourth-order valence-corrected chi connectivity index (χ4v) is 4.12. The Morgan fingerprint density at radius 3 is 2.58 bits per heavy atom. The molecule has 1 aromatic rings. The third-order valence-corrected chi connectivity index (χ3v) is 5.52. The number of hydrogen-bond donors (Lipinski definition) is 1. The van der Waals surface area contributed by atoms with E-state index in [1.807, 2.05) is 17.0 Å². The average molecular weight is 361 g/mol. The molecular weight excluding hydrogens is 334 g/mol. The van der Waals surface area contributed by atoms with Crippen LogP contribution in [0, 0.1) is 0 Å². The zero-order valence-electron chi connectivity index (χ0n) is 15.0. The number of hydrogen-bond acceptors (Lipinski definition) is 6. The highest BCUT2D eigenvalue weighted by molar-refractivity contribution is 5.71. The number of benzene rings is 1. The zero-order chi connectivity index (χ0) is 17.9. The molecule has 3 fully saturated rings. The lowest BCUT2D eigenvalue weighted by Gasteiger charge is -2.28. The number of rotatable bonds is 6. The third kappa shape index (κ3) is 3.95. The van der Waals surface area contributed by atoms with Crippen LogP contribution in [0.5, 0.6) is 5.75 Å². The van der Waals surface area contributed by atoms with E-state index in [1.165, 1.54) is 0 Å². The second-order valence-corrected chi connectivity index (χ2v) is 7.35. The molecule has 1 amide bonds. The molecular formula is C19H27N3O4. The minimum absolute atomic E-state index is 0.0250. The Kier molecular flexibility index (Phi) is 5.28. The van der Waals surface area contributed by atoms with Gasteiger partial charge in [0, 0.05) is 45.8 Å². The highest BCUT2D eigenvalue weighted by atomic mass is 16.6. The Labute approximate surface area is 154 Å². The summed E-state index contributed by atoms with van der Waals surface area (Å²) in [5.41, 5.74) is 1.16. The third-order valence-electron chi connectivity index (χ3n) is 5.52. The van der Waals surface area contributed by atoms with E-state index in [1.54, 1.807) is 12.1 Å². The number of carbonyl (C=O) groups excluding carboxylic acids is 1. The molecule has 2 atom stereocenters. The molecule has 0 radical (unpaired) electrons. The maximum absolute atomic E-state index is 12.2. The van der Waals surface area contributed by atoms with Crippen molar-refractivity contribution in [1.82, 2.24) is 14.7 Å². The summed E-state index contributed by atoms with van der Waals surface area (Å²) in [6.07, 6.45) is 0.783. The molecule has 0 saturated carbocycles. The number of phenolic OH excluding ortho intramolecular Hbond substituents is 1. The summed E-state index contributed by atoms with van der Waals surface area (Å²) in [6, 6.07) is 7.46. The van der Waals surface area contributed by atoms with Crippen LogP contribution in [0.4, 0.5) is 4.79 Å². The van der Waals surface area contributed by atoms with E-state index in [0.29, 0.717) is 0 Å². The molecule has 4 rings (SSSR count). The molecule has 0 aromatic heterocycles. The van der Waals surface area contributed by atoms with Crippen molar-refractivity contribution in [2.45, 2.75) is 25.1 Å². The quantitative estimate of drug-likeness (QED) is 0.819. The number of nitrogens with zero attached hydrogens (tertiary/aromatic N) is 3. The number of amides is 1. The Morgan fingerprint density at radius 1 is 1.04 bits per heavy atom. The van der Waals surface area contributed by atoms with Gasteiger partial charge in [-0.05, 0) is 24.1 Å². The summed E-state index contributed by atoms with van der Waals surface area (Å²) in [5.74, 6) is 0.285. The van der Waals surface area contributed by atoms with Gasteiger partial charge < -0.3 is 19.5 Å². The molecule has 3 saturated heterocycles. The van der Waals surface area contributed by atoms with Crippen molar-refractivity contribution in [1.29, 1.82) is 0 Å². The number of fused-ring (bicyclic) bond motifs is 1. The van der Waals surface area contributed by atoms with Gasteiger partial charge in [0.2, 0.25) is 0 Å². The molecule has 3 aliphatic heterocycles. The van der Waals surface area contributed by atoms with E-state index >= 15 is 0 Å². The van der Waals surface area contributed by atoms with Crippen LogP contribution in [-0.2, 0) is 16.0 Å². The van der Waals surface area contributed by atoms with Crippen molar-refractivity contribution >= 4 is 6.09 Å². The molecule has 3 heterocycles. The van der Waals surface area contributed by atoms with E-state index < -0.39 is 0 Å². The second-order valence-electron chi connectivity index (χ2n) is 7.35. The predicted octanol–water partition coefficient (Wildman–Crippen LogP) is 1.12. The normalized spacial score (nSPS) is 26.9. The molecule has 142 valence electrons. The lowest BCUT2D eigenvalue weighted by Crippen LogP contribution is -2.41. The van der Waals surface area contributed by atoms with Crippen LogP contribution in [0.1, 0.15) is 12.0 Å². The van der Waals surface area contributed by atoms with E-state index in [-0.39, 0.29) is 24.0 Å². The number of carbonyl (C=O) groups is 1. The van der Waals surface area contributed by atoms with Crippen LogP contribution in [0.15, 0.2) is 24.3 Å². The number of phenols is 1. The maximum atomic E-state index is 12.2. The molecule has 1 aromatic carbocycles. The highest BCUT2D eigenvalue weighted by Gasteiger charge is 2.47. The molecule has 1 N–H and O–H groups in total. The van der Waals surface area contributed by atoms with Gasteiger partial charge in [0.25, 0.3) is 0 Å². The van der Waals surface area contributed by atoms with Crippen molar-refractivity contribution in [2.24, 2.45) is 0 Å². The standard InChI is InChI=1S/C19H27N3O4/c23-16-4-2-15(3-5-16)12-21-13-17-18(14-21)26-19(24)22(17)7-1-6-20-8-10-25-11-9-20/h2-5,17-18,23H,1,6-14H2/t17-,18+/m1/s1. The van der Waals surface area contributed by atoms with Crippen LogP contribution < -0.4 is 0 Å². The summed E-state index contributed by atoms with van der Waals surface area (Å²) < 4.78 is 11.0. The molecule has 3 aliphatic rings. The van der Waals surface area contributed by atoms with Gasteiger partial charge in [0.15, 0.2) is 0 Å². The van der Waals surface area contributed by atoms with Crippen molar-refractivity contribution in [3.05, 3.63) is 29.8 Å². The fourth-order valence-electron chi connectivity index (χ4n) is 4.12. The second kappa shape index (κ2) is 7.82. The monoisotopic (exact) mass is 361 g/mol. The van der Waals surface area contributed by atoms with Gasteiger partial charge >= 0.3 is 6.09 Å². The smallest absolute Gasteiger partial charge is 0.410 e. The van der Waals surface area contributed by atoms with E-state index in [9.17, 15) is 9.90 Å². The summed E-state index contributed by atoms with van der Waals surface area (Å²) in [6.45, 7) is 7.77. The minimum atomic E-state index is -0.161. The van der Waals surface area contributed by atoms with Crippen molar-refractivity contribution < 1.29 is 19.4 Å². The molecule has 0 unspecified atom stereocenters. The fraction of sp³-hybridized carbons (Fsp3) is 0.632. The number of morpholine rings is 1. The Morgan fingerprint density at radius 2 is 1.81 bits per heavy atom. The Hall–Kier alpha value is -1.83. The first-order chi connectivity index (χ1) is 12.7. The zero-order valence-corrected chi connectivity index (χ0v) is 15.0. The van der Waals surface area contributed by atoms with Crippen molar-refractivity contribution in [2.75, 3.05) is 52.5 Å². The number of likely N-dealkylation sites (tertiary alicyclic amines) is 1. The van der Waals surface area contributed by atoms with E-state index in [2.05, 4.69) is 9.80 Å². The Balaban J connectivity index is 1.27. The van der Waals surface area contributed by atoms with Gasteiger partial charge in [-0.3, -0.25) is 9.80 Å². The van der Waals surface area contributed by atoms with E-state index in [0.717, 1.165) is 71.0 Å². The summed E-state index contributed by atoms with van der Waals surface area (Å²) in [4.78, 5) is 18.8. The van der Waals surface area contributed by atoms with Crippen LogP contribution in [0.25, 0.3) is 0 Å². The summed E-state index contributed by atoms with van der Waals surface area (Å²) in [5, 5.41) is 9.40. The largest absolute Gasteiger partial charge is 0.508 e. The van der Waals surface area contributed by atoms with Crippen LogP contribution >= 0.6 is 0 Å². The van der Waals surface area contributed by atoms with Gasteiger partial charge in [0.05, 0.1) is 19.3 Å². The van der Waals surface area contributed by atoms with Crippen molar-refractivity contribution in [3.63, 3.8) is 0 Å². The first kappa shape index (κ1) is 17.6. The van der Waals surface area contributed by atoms with Gasteiger partial charge in [0.1, 0.15) is 11.9 Å². The molecule has 7 heteroatoms.